The highest BCUT2D eigenvalue weighted by Crippen LogP contribution is 2.32. The number of ketones is 6. The van der Waals surface area contributed by atoms with Crippen molar-refractivity contribution < 1.29 is 84.2 Å². The Kier molecular flexibility index (Phi) is 35.0. The molecule has 2 aromatic heterocycles. The third-order valence-corrected chi connectivity index (χ3v) is 20.2. The second-order valence-corrected chi connectivity index (χ2v) is 30.2. The number of aliphatic imine (C=N–C) groups is 1. The highest BCUT2D eigenvalue weighted by molar-refractivity contribution is 6.42. The minimum Gasteiger partial charge on any atom is -0.393 e. The van der Waals surface area contributed by atoms with Crippen molar-refractivity contribution in [3.8, 4) is 0 Å². The number of Topliss-reactive ketones (excluding diaryl/α,β-unsaturated/α-hetero) is 6. The summed E-state index contributed by atoms with van der Waals surface area (Å²) in [7, 11) is 1.52. The minimum absolute atomic E-state index is 0.0114. The Balaban J connectivity index is 0.000000188. The number of piperidine rings is 1. The van der Waals surface area contributed by atoms with Gasteiger partial charge in [0.05, 0.1) is 62.2 Å². The number of benzene rings is 6. The van der Waals surface area contributed by atoms with Crippen molar-refractivity contribution in [2.24, 2.45) is 16.5 Å². The number of likely N-dealkylation sites (tertiary alicyclic amines) is 1. The lowest BCUT2D eigenvalue weighted by Crippen LogP contribution is -2.61. The first-order valence-corrected chi connectivity index (χ1v) is 39.2. The van der Waals surface area contributed by atoms with E-state index in [0.29, 0.717) is 29.7 Å². The fourth-order valence-corrected chi connectivity index (χ4v) is 13.2. The van der Waals surface area contributed by atoms with Crippen LogP contribution in [-0.4, -0.2) is 158 Å². The van der Waals surface area contributed by atoms with Gasteiger partial charge in [-0.1, -0.05) is 107 Å². The van der Waals surface area contributed by atoms with Crippen LogP contribution in [0.1, 0.15) is 116 Å². The van der Waals surface area contributed by atoms with Crippen LogP contribution in [-0.2, 0) is 89.5 Å². The van der Waals surface area contributed by atoms with E-state index in [2.05, 4.69) is 82.1 Å². The van der Waals surface area contributed by atoms with Crippen molar-refractivity contribution in [1.29, 1.82) is 0 Å². The van der Waals surface area contributed by atoms with E-state index in [0.717, 1.165) is 62.1 Å². The number of halogens is 10. The number of nitrogens with two attached hydrogens (primary N) is 3. The van der Waals surface area contributed by atoms with Gasteiger partial charge in [0, 0.05) is 75.3 Å². The average molecular weight is 1780 g/mol. The number of ether oxygens (including phenoxy) is 2. The van der Waals surface area contributed by atoms with Gasteiger partial charge in [0.1, 0.15) is 52.6 Å². The Hall–Kier alpha value is -11.1. The Labute approximate surface area is 714 Å². The van der Waals surface area contributed by atoms with E-state index < -0.39 is 112 Å². The second-order valence-electron chi connectivity index (χ2n) is 28.1. The summed E-state index contributed by atoms with van der Waals surface area (Å²) in [5.74, 6) is -11.8. The number of carbonyl (C=O) groups excluding carboxylic acids is 11. The van der Waals surface area contributed by atoms with Gasteiger partial charge in [0.15, 0.2) is 17.4 Å². The first kappa shape index (κ1) is 95.4. The number of hydrogen-bond donors (Lipinski definition) is 12. The van der Waals surface area contributed by atoms with Gasteiger partial charge < -0.3 is 63.1 Å². The first-order chi connectivity index (χ1) is 57.3. The van der Waals surface area contributed by atoms with Gasteiger partial charge in [0.2, 0.25) is 34.9 Å². The molecule has 8 aromatic rings. The van der Waals surface area contributed by atoms with Crippen LogP contribution >= 0.6 is 58.0 Å². The minimum atomic E-state index is -0.996. The van der Waals surface area contributed by atoms with Crippen LogP contribution in [0.25, 0.3) is 0 Å². The van der Waals surface area contributed by atoms with Crippen LogP contribution in [0, 0.1) is 29.1 Å². The number of nitrogens with one attached hydrogen (secondary N) is 9. The molecule has 0 radical (unpaired) electrons. The van der Waals surface area contributed by atoms with Gasteiger partial charge >= 0.3 is 0 Å². The molecule has 6 unspecified atom stereocenters. The summed E-state index contributed by atoms with van der Waals surface area (Å²) in [6.45, 7) is 9.06. The number of carbonyl (C=O) groups is 11. The van der Waals surface area contributed by atoms with E-state index in [-0.39, 0.29) is 146 Å². The van der Waals surface area contributed by atoms with Gasteiger partial charge in [-0.15, -0.1) is 0 Å². The maximum atomic E-state index is 13.4. The molecule has 0 spiro atoms. The average Bonchev–Trinajstić information content (AvgIpc) is 1.74. The molecule has 2 fully saturated rings. The standard InChI is InChI=1S/C19H18ClFN2O2.C17H23ClFN3O2.C16H20ClFN2O4.C15H10ClFN4O3.C14H13ClFN5O3/c20-15-6-5-12(9-16(15)21)10-18(24)19(25)23-11-17-14-4-2-1-3-13(14)7-8-22-17;1-10-4-3-5-11(2)22(10)17(20)21-16(24)15(23)9-12-6-7-13(18)14(19)8-12;1-16(2)23-13(14(8-19)24-16)6-5-12(21)15(22)20-9-3-4-10(17)11(18)7-9;16-8-2-1-7(3-9(8)17)4-11(23)15(24)21-12-5-10(22)13-14(20-12)19-6-18-13;1-18-14-20-9(11(17)13(24)21-14)5-10(22)12(23)19-6-2-3-7(15)8(16)4-6/h1-6,9,17,22H,7-8,10-11H2,(H,23,25);6-8,10-11,17H,3-5,9,20H2,1-2H3,(H,21,24);3-4,7,13-14H,5-6,8,19H2,1-2H3,(H,20,22);1-3,6H,4-5H2,(H,18,19)(H,20,21,24);2-4H,5,17H2,1H3,(H,19,23)(H2,18,20,21,24). The molecule has 0 bridgehead atoms. The van der Waals surface area contributed by atoms with Crippen molar-refractivity contribution in [2.75, 3.05) is 48.4 Å². The maximum absolute atomic E-state index is 13.4. The molecule has 12 rings (SSSR count). The van der Waals surface area contributed by atoms with E-state index in [9.17, 15) is 79.5 Å². The molecule has 5 amide bonds. The summed E-state index contributed by atoms with van der Waals surface area (Å²) in [6, 6.07) is 27.8. The first-order valence-electron chi connectivity index (χ1n) is 37.3. The van der Waals surface area contributed by atoms with E-state index in [1.165, 1.54) is 85.7 Å². The predicted molar refractivity (Wildman–Crippen MR) is 442 cm³/mol. The SMILES string of the molecule is CC1(C)OC(CN)C(CCC(=O)C(=O)Nc2ccc(Cl)c(F)c2)O1.CC1CCCC(C)N1C(N)NC(=O)C(=O)Cc1ccc(Cl)c(F)c1.CNc1nc(CC(=O)C(=O)Nc2ccc(Cl)c(F)c2)c(N)c(=O)[nH]1.O=C(Cc1ccc(Cl)c(F)c1)C(=O)NC1=Nc2nc[nH]c2C(=O)C1.O=C(Cc1ccc(Cl)c(F)c1)C(=O)NCC1NCCc2ccccc21. The van der Waals surface area contributed by atoms with E-state index in [4.69, 9.17) is 84.7 Å². The molecule has 6 aromatic carbocycles. The Morgan fingerprint density at radius 1 is 0.620 bits per heavy atom. The van der Waals surface area contributed by atoms with Crippen LogP contribution in [0.15, 0.2) is 131 Å². The van der Waals surface area contributed by atoms with E-state index >= 15 is 0 Å². The second kappa shape index (κ2) is 44.5. The van der Waals surface area contributed by atoms with Crippen LogP contribution in [0.3, 0.4) is 0 Å². The van der Waals surface area contributed by atoms with Gasteiger partial charge in [-0.25, -0.2) is 36.9 Å². The number of nitrogen functional groups attached to an aromatic ring is 1. The number of aromatic amines is 2. The fraction of sp³-hybridized carbons (Fsp3) is 0.321. The molecule has 4 aliphatic rings. The number of amidine groups is 1. The van der Waals surface area contributed by atoms with Gasteiger partial charge in [0.25, 0.3) is 35.1 Å². The molecule has 15 N–H and O–H groups in total. The number of anilines is 4. The molecule has 6 heterocycles. The van der Waals surface area contributed by atoms with Crippen molar-refractivity contribution in [1.82, 2.24) is 46.1 Å². The summed E-state index contributed by atoms with van der Waals surface area (Å²) in [5, 5.41) is 17.8. The molecular formula is C81H84Cl5F5N16O14. The highest BCUT2D eigenvalue weighted by atomic mass is 35.5. The van der Waals surface area contributed by atoms with Gasteiger partial charge in [-0.05, 0) is 161 Å². The van der Waals surface area contributed by atoms with Crippen LogP contribution in [0.5, 0.6) is 0 Å². The maximum Gasteiger partial charge on any atom is 0.293 e. The van der Waals surface area contributed by atoms with Crippen molar-refractivity contribution in [2.45, 2.75) is 141 Å². The number of hydrogen-bond acceptors (Lipinski definition) is 23. The number of H-pyrrole nitrogens is 2. The Bertz CT molecular complexity index is 5310. The zero-order chi connectivity index (χ0) is 88.7. The lowest BCUT2D eigenvalue weighted by atomic mass is 9.94. The predicted octanol–water partition coefficient (Wildman–Crippen LogP) is 9.73. The van der Waals surface area contributed by atoms with Gasteiger partial charge in [-0.3, -0.25) is 73.2 Å². The molecule has 0 aliphatic carbocycles. The number of fused-ring (bicyclic) bond motifs is 2. The molecule has 40 heteroatoms. The highest BCUT2D eigenvalue weighted by Gasteiger charge is 2.41. The molecule has 121 heavy (non-hydrogen) atoms. The zero-order valence-corrected chi connectivity index (χ0v) is 69.2. The number of imidazole rings is 1. The summed E-state index contributed by atoms with van der Waals surface area (Å²) in [6.07, 6.45) is 3.02. The van der Waals surface area contributed by atoms with E-state index in [1.807, 2.05) is 23.1 Å². The molecule has 30 nitrogen and oxygen atoms in total. The summed E-state index contributed by atoms with van der Waals surface area (Å²) in [5.41, 5.74) is 20.3. The number of aromatic nitrogens is 4. The Morgan fingerprint density at radius 3 is 1.62 bits per heavy atom. The van der Waals surface area contributed by atoms with Crippen molar-refractivity contribution >= 4 is 157 Å². The largest absolute Gasteiger partial charge is 0.393 e. The topological polar surface area (TPSA) is 459 Å². The number of rotatable bonds is 24. The fourth-order valence-electron chi connectivity index (χ4n) is 12.7. The molecular weight excluding hydrogens is 1690 g/mol. The number of amides is 5. The van der Waals surface area contributed by atoms with E-state index in [1.54, 1.807) is 13.8 Å². The third-order valence-electron chi connectivity index (χ3n) is 18.7. The lowest BCUT2D eigenvalue weighted by Gasteiger charge is -2.42. The van der Waals surface area contributed by atoms with Crippen molar-refractivity contribution in [3.63, 3.8) is 0 Å². The van der Waals surface area contributed by atoms with Crippen LogP contribution < -0.4 is 60.0 Å². The Morgan fingerprint density at radius 2 is 1.10 bits per heavy atom. The van der Waals surface area contributed by atoms with Gasteiger partial charge in [-0.2, -0.15) is 0 Å². The monoisotopic (exact) mass is 1770 g/mol. The lowest BCUT2D eigenvalue weighted by molar-refractivity contribution is -0.147. The normalized spacial score (nSPS) is 17.0. The third kappa shape index (κ3) is 28.0. The number of nitrogens with zero attached hydrogens (tertiary/aromatic N) is 4. The smallest absolute Gasteiger partial charge is 0.293 e. The summed E-state index contributed by atoms with van der Waals surface area (Å²) in [4.78, 5) is 162. The molecule has 642 valence electrons. The quantitative estimate of drug-likeness (QED) is 0.0152. The molecule has 0 saturated carbocycles. The zero-order valence-electron chi connectivity index (χ0n) is 65.4. The van der Waals surface area contributed by atoms with Crippen LogP contribution in [0.4, 0.5) is 50.8 Å². The van der Waals surface area contributed by atoms with Crippen LogP contribution in [0.2, 0.25) is 25.1 Å². The summed E-state index contributed by atoms with van der Waals surface area (Å²) < 4.78 is 78.1. The molecule has 4 aliphatic heterocycles. The summed E-state index contributed by atoms with van der Waals surface area (Å²) >= 11 is 27.9. The molecule has 2 saturated heterocycles. The molecule has 6 atom stereocenters. The van der Waals surface area contributed by atoms with Crippen molar-refractivity contribution in [3.05, 3.63) is 225 Å².